The number of aromatic nitrogens is 1. The van der Waals surface area contributed by atoms with E-state index in [4.69, 9.17) is 23.2 Å². The monoisotopic (exact) mass is 311 g/mol. The van der Waals surface area contributed by atoms with Gasteiger partial charge in [0.1, 0.15) is 0 Å². The molecule has 0 bridgehead atoms. The summed E-state index contributed by atoms with van der Waals surface area (Å²) >= 11 is 12.3. The van der Waals surface area contributed by atoms with Gasteiger partial charge in [0.25, 0.3) is 0 Å². The van der Waals surface area contributed by atoms with Gasteiger partial charge in [0, 0.05) is 31.0 Å². The van der Waals surface area contributed by atoms with Crippen LogP contribution >= 0.6 is 23.2 Å². The second kappa shape index (κ2) is 5.28. The van der Waals surface area contributed by atoms with Gasteiger partial charge in [-0.15, -0.1) is 0 Å². The Morgan fingerprint density at radius 2 is 1.95 bits per heavy atom. The molecular weight excluding hydrogens is 297 g/mol. The van der Waals surface area contributed by atoms with Crippen molar-refractivity contribution >= 4 is 40.0 Å². The molecule has 1 aromatic heterocycles. The third kappa shape index (κ3) is 2.28. The Hall–Kier alpha value is -1.23. The van der Waals surface area contributed by atoms with Crippen molar-refractivity contribution in [3.8, 4) is 0 Å². The van der Waals surface area contributed by atoms with E-state index in [1.165, 1.54) is 12.5 Å². The minimum atomic E-state index is -0.104. The quantitative estimate of drug-likeness (QED) is 0.850. The Balaban J connectivity index is 2.30. The molecule has 1 aliphatic heterocycles. The van der Waals surface area contributed by atoms with E-state index in [1.807, 2.05) is 16.8 Å². The molecule has 0 aliphatic carbocycles. The Morgan fingerprint density at radius 1 is 1.25 bits per heavy atom. The minimum Gasteiger partial charge on any atom is -0.316 e. The summed E-state index contributed by atoms with van der Waals surface area (Å²) in [5.41, 5.74) is 6.14. The van der Waals surface area contributed by atoms with Crippen LogP contribution in [0.4, 0.5) is 0 Å². The zero-order valence-electron chi connectivity index (χ0n) is 11.1. The standard InChI is InChI=1S/C14H15Cl2N3O/c1-8(20)18-19-13-3-5-17-4-2-9(13)10-6-11(15)12(16)7-14(10)19/h6-7,17H,2-5H2,1H3,(H,18,20). The first kappa shape index (κ1) is 13.7. The number of halogens is 2. The van der Waals surface area contributed by atoms with Gasteiger partial charge in [-0.1, -0.05) is 23.2 Å². The van der Waals surface area contributed by atoms with Crippen molar-refractivity contribution in [2.75, 3.05) is 18.5 Å². The maximum atomic E-state index is 11.5. The van der Waals surface area contributed by atoms with Crippen molar-refractivity contribution in [1.29, 1.82) is 0 Å². The zero-order chi connectivity index (χ0) is 14.3. The number of carbonyl (C=O) groups excluding carboxylic acids is 1. The molecule has 0 fully saturated rings. The summed E-state index contributed by atoms with van der Waals surface area (Å²) in [6.45, 7) is 3.32. The number of hydrogen-bond acceptors (Lipinski definition) is 2. The predicted octanol–water partition coefficient (Wildman–Crippen LogP) is 2.73. The fourth-order valence-electron chi connectivity index (χ4n) is 2.77. The van der Waals surface area contributed by atoms with Crippen LogP contribution in [0.3, 0.4) is 0 Å². The normalized spacial score (nSPS) is 14.9. The number of rotatable bonds is 1. The maximum absolute atomic E-state index is 11.5. The maximum Gasteiger partial charge on any atom is 0.235 e. The molecule has 3 rings (SSSR count). The average molecular weight is 312 g/mol. The van der Waals surface area contributed by atoms with Crippen molar-refractivity contribution in [3.63, 3.8) is 0 Å². The third-order valence-electron chi connectivity index (χ3n) is 3.58. The molecule has 6 heteroatoms. The van der Waals surface area contributed by atoms with E-state index in [0.29, 0.717) is 10.0 Å². The van der Waals surface area contributed by atoms with E-state index in [0.717, 1.165) is 42.5 Å². The van der Waals surface area contributed by atoms with E-state index in [1.54, 1.807) is 0 Å². The molecule has 0 atom stereocenters. The van der Waals surface area contributed by atoms with Gasteiger partial charge in [-0.2, -0.15) is 0 Å². The fourth-order valence-corrected chi connectivity index (χ4v) is 3.09. The number of benzene rings is 1. The summed E-state index contributed by atoms with van der Waals surface area (Å²) in [4.78, 5) is 11.5. The van der Waals surface area contributed by atoms with Crippen LogP contribution in [0.15, 0.2) is 12.1 Å². The van der Waals surface area contributed by atoms with Crippen molar-refractivity contribution in [3.05, 3.63) is 33.4 Å². The number of carbonyl (C=O) groups is 1. The summed E-state index contributed by atoms with van der Waals surface area (Å²) in [5.74, 6) is -0.104. The van der Waals surface area contributed by atoms with Crippen LogP contribution in [0.25, 0.3) is 10.9 Å². The van der Waals surface area contributed by atoms with Crippen molar-refractivity contribution in [2.24, 2.45) is 0 Å². The van der Waals surface area contributed by atoms with Crippen LogP contribution in [0.5, 0.6) is 0 Å². The Morgan fingerprint density at radius 3 is 2.70 bits per heavy atom. The third-order valence-corrected chi connectivity index (χ3v) is 4.30. The molecule has 2 N–H and O–H groups in total. The number of nitrogens with zero attached hydrogens (tertiary/aromatic N) is 1. The summed E-state index contributed by atoms with van der Waals surface area (Å²) < 4.78 is 1.85. The SMILES string of the molecule is CC(=O)Nn1c2c(c3cc(Cl)c(Cl)cc31)CCNCC2. The van der Waals surface area contributed by atoms with E-state index >= 15 is 0 Å². The highest BCUT2D eigenvalue weighted by atomic mass is 35.5. The predicted molar refractivity (Wildman–Crippen MR) is 82.3 cm³/mol. The van der Waals surface area contributed by atoms with Crippen molar-refractivity contribution < 1.29 is 4.79 Å². The number of hydrogen-bond donors (Lipinski definition) is 2. The molecule has 0 spiro atoms. The van der Waals surface area contributed by atoms with E-state index in [9.17, 15) is 4.79 Å². The molecule has 1 aliphatic rings. The highest BCUT2D eigenvalue weighted by molar-refractivity contribution is 6.42. The van der Waals surface area contributed by atoms with Crippen LogP contribution in [0.1, 0.15) is 18.2 Å². The Labute approximate surface area is 127 Å². The van der Waals surface area contributed by atoms with Gasteiger partial charge in [0.2, 0.25) is 5.91 Å². The average Bonchev–Trinajstić information content (AvgIpc) is 2.57. The fraction of sp³-hybridized carbons (Fsp3) is 0.357. The van der Waals surface area contributed by atoms with E-state index in [-0.39, 0.29) is 5.91 Å². The largest absolute Gasteiger partial charge is 0.316 e. The molecule has 1 amide bonds. The first-order valence-electron chi connectivity index (χ1n) is 6.57. The van der Waals surface area contributed by atoms with Gasteiger partial charge < -0.3 is 5.32 Å². The Kier molecular flexibility index (Phi) is 3.63. The molecule has 0 radical (unpaired) electrons. The number of amides is 1. The molecule has 1 aromatic carbocycles. The number of nitrogens with one attached hydrogen (secondary N) is 2. The summed E-state index contributed by atoms with van der Waals surface area (Å²) in [5, 5.41) is 5.47. The summed E-state index contributed by atoms with van der Waals surface area (Å²) in [6, 6.07) is 3.71. The lowest BCUT2D eigenvalue weighted by molar-refractivity contribution is -0.115. The van der Waals surface area contributed by atoms with Crippen molar-refractivity contribution in [2.45, 2.75) is 19.8 Å². The number of fused-ring (bicyclic) bond motifs is 3. The molecule has 0 saturated carbocycles. The lowest BCUT2D eigenvalue weighted by atomic mass is 10.1. The molecule has 0 unspecified atom stereocenters. The van der Waals surface area contributed by atoms with E-state index in [2.05, 4.69) is 10.7 Å². The molecule has 2 heterocycles. The highest BCUT2D eigenvalue weighted by Crippen LogP contribution is 2.33. The van der Waals surface area contributed by atoms with Crippen LogP contribution in [-0.2, 0) is 17.6 Å². The minimum absolute atomic E-state index is 0.104. The topological polar surface area (TPSA) is 46.1 Å². The van der Waals surface area contributed by atoms with Crippen LogP contribution in [0.2, 0.25) is 10.0 Å². The van der Waals surface area contributed by atoms with Crippen molar-refractivity contribution in [1.82, 2.24) is 9.99 Å². The van der Waals surface area contributed by atoms with Gasteiger partial charge in [0.15, 0.2) is 0 Å². The van der Waals surface area contributed by atoms with Gasteiger partial charge >= 0.3 is 0 Å². The van der Waals surface area contributed by atoms with E-state index < -0.39 is 0 Å². The molecule has 2 aromatic rings. The molecule has 0 saturated heterocycles. The lowest BCUT2D eigenvalue weighted by Gasteiger charge is -2.11. The first-order valence-corrected chi connectivity index (χ1v) is 7.33. The zero-order valence-corrected chi connectivity index (χ0v) is 12.6. The molecular formula is C14H15Cl2N3O. The van der Waals surface area contributed by atoms with Gasteiger partial charge in [-0.25, -0.2) is 0 Å². The second-order valence-electron chi connectivity index (χ2n) is 4.96. The summed E-state index contributed by atoms with van der Waals surface area (Å²) in [7, 11) is 0. The lowest BCUT2D eigenvalue weighted by Crippen LogP contribution is -2.23. The molecule has 106 valence electrons. The van der Waals surface area contributed by atoms with Crippen LogP contribution in [-0.4, -0.2) is 23.7 Å². The second-order valence-corrected chi connectivity index (χ2v) is 5.78. The highest BCUT2D eigenvalue weighted by Gasteiger charge is 2.20. The summed E-state index contributed by atoms with van der Waals surface area (Å²) in [6.07, 6.45) is 1.77. The first-order chi connectivity index (χ1) is 9.58. The Bertz CT molecular complexity index is 694. The molecule has 4 nitrogen and oxygen atoms in total. The van der Waals surface area contributed by atoms with Crippen LogP contribution in [0, 0.1) is 0 Å². The van der Waals surface area contributed by atoms with Gasteiger partial charge in [-0.3, -0.25) is 14.9 Å². The van der Waals surface area contributed by atoms with Crippen LogP contribution < -0.4 is 10.7 Å². The molecule has 20 heavy (non-hydrogen) atoms. The van der Waals surface area contributed by atoms with Gasteiger partial charge in [-0.05, 0) is 30.7 Å². The smallest absolute Gasteiger partial charge is 0.235 e. The van der Waals surface area contributed by atoms with Gasteiger partial charge in [0.05, 0.1) is 15.6 Å².